The first-order valence-corrected chi connectivity index (χ1v) is 13.4. The van der Waals surface area contributed by atoms with Crippen molar-refractivity contribution in [2.45, 2.75) is 84.6 Å². The Hall–Kier alpha value is -2.89. The summed E-state index contributed by atoms with van der Waals surface area (Å²) in [6, 6.07) is 9.55. The van der Waals surface area contributed by atoms with Gasteiger partial charge in [-0.05, 0) is 55.0 Å². The molecule has 6 nitrogen and oxygen atoms in total. The minimum atomic E-state index is -0.134. The number of unbranched alkanes of at least 4 members (excludes halogenated alkanes) is 6. The highest BCUT2D eigenvalue weighted by atomic mass is 16.2. The molecule has 0 atom stereocenters. The molecule has 0 spiro atoms. The number of hydrogen-bond donors (Lipinski definition) is 2. The molecule has 3 rings (SSSR count). The Bertz CT molecular complexity index is 924. The van der Waals surface area contributed by atoms with Crippen molar-refractivity contribution in [1.29, 1.82) is 0 Å². The van der Waals surface area contributed by atoms with Gasteiger partial charge in [-0.15, -0.1) is 0 Å². The fourth-order valence-corrected chi connectivity index (χ4v) is 4.57. The Morgan fingerprint density at radius 2 is 1.77 bits per heavy atom. The van der Waals surface area contributed by atoms with E-state index in [1.165, 1.54) is 32.1 Å². The first-order valence-electron chi connectivity index (χ1n) is 13.4. The van der Waals surface area contributed by atoms with Crippen molar-refractivity contribution in [3.05, 3.63) is 53.9 Å². The van der Waals surface area contributed by atoms with E-state index in [1.54, 1.807) is 12.4 Å². The maximum absolute atomic E-state index is 13.2. The van der Waals surface area contributed by atoms with Gasteiger partial charge >= 0.3 is 0 Å². The summed E-state index contributed by atoms with van der Waals surface area (Å²) >= 11 is 0. The first kappa shape index (κ1) is 26.7. The van der Waals surface area contributed by atoms with Crippen molar-refractivity contribution in [2.75, 3.05) is 23.3 Å². The number of pyridine rings is 1. The number of carbonyl (C=O) groups excluding carboxylic acids is 2. The van der Waals surface area contributed by atoms with Crippen LogP contribution in [0.2, 0.25) is 0 Å². The van der Waals surface area contributed by atoms with E-state index >= 15 is 0 Å². The first-order chi connectivity index (χ1) is 17.1. The smallest absolute Gasteiger partial charge is 0.253 e. The van der Waals surface area contributed by atoms with Crippen molar-refractivity contribution in [1.82, 2.24) is 10.3 Å². The topological polar surface area (TPSA) is 74.3 Å². The second-order valence-corrected chi connectivity index (χ2v) is 9.86. The van der Waals surface area contributed by atoms with Crippen LogP contribution in [-0.4, -0.2) is 29.9 Å². The quantitative estimate of drug-likeness (QED) is 0.330. The summed E-state index contributed by atoms with van der Waals surface area (Å²) in [4.78, 5) is 32.2. The van der Waals surface area contributed by atoms with Crippen LogP contribution >= 0.6 is 0 Å². The van der Waals surface area contributed by atoms with Crippen molar-refractivity contribution in [3.8, 4) is 0 Å². The lowest BCUT2D eigenvalue weighted by Crippen LogP contribution is -2.35. The molecule has 2 heterocycles. The summed E-state index contributed by atoms with van der Waals surface area (Å²) in [6.45, 7) is 6.79. The molecule has 0 aliphatic carbocycles. The molecule has 1 aliphatic heterocycles. The Morgan fingerprint density at radius 1 is 1.03 bits per heavy atom. The van der Waals surface area contributed by atoms with Crippen LogP contribution in [0, 0.1) is 5.92 Å². The molecule has 1 aromatic heterocycles. The van der Waals surface area contributed by atoms with Gasteiger partial charge in [0.25, 0.3) is 5.91 Å². The van der Waals surface area contributed by atoms with Crippen molar-refractivity contribution < 1.29 is 9.59 Å². The van der Waals surface area contributed by atoms with Crippen molar-refractivity contribution in [2.24, 2.45) is 5.92 Å². The Labute approximate surface area is 210 Å². The summed E-state index contributed by atoms with van der Waals surface area (Å²) in [7, 11) is 0. The number of nitrogens with zero attached hydrogens (tertiary/aromatic N) is 2. The Kier molecular flexibility index (Phi) is 11.1. The largest absolute Gasteiger partial charge is 0.371 e. The molecule has 0 saturated carbocycles. The molecule has 190 valence electrons. The van der Waals surface area contributed by atoms with Crippen LogP contribution in [-0.2, 0) is 11.3 Å². The van der Waals surface area contributed by atoms with Gasteiger partial charge in [0.2, 0.25) is 5.91 Å². The lowest BCUT2D eigenvalue weighted by atomic mass is 9.97. The van der Waals surface area contributed by atoms with Crippen LogP contribution < -0.4 is 15.5 Å². The monoisotopic (exact) mass is 478 g/mol. The number of nitrogens with one attached hydrogen (secondary N) is 2. The molecule has 6 heteroatoms. The molecule has 1 saturated heterocycles. The van der Waals surface area contributed by atoms with Crippen LogP contribution in [0.1, 0.15) is 94.0 Å². The molecule has 0 unspecified atom stereocenters. The number of benzene rings is 1. The van der Waals surface area contributed by atoms with Crippen LogP contribution in [0.4, 0.5) is 11.4 Å². The van der Waals surface area contributed by atoms with Crippen LogP contribution in [0.25, 0.3) is 0 Å². The number of hydrogen-bond acceptors (Lipinski definition) is 4. The van der Waals surface area contributed by atoms with E-state index in [-0.39, 0.29) is 11.8 Å². The SMILES string of the molecule is CCCCCCCCCC(=O)Nc1ccc(N2CCC(C)CC2)c(C(=O)NCc2cccnc2)c1. The van der Waals surface area contributed by atoms with E-state index in [0.717, 1.165) is 50.0 Å². The van der Waals surface area contributed by atoms with Gasteiger partial charge in [-0.2, -0.15) is 0 Å². The minimum absolute atomic E-state index is 0.0137. The van der Waals surface area contributed by atoms with Gasteiger partial charge in [0.1, 0.15) is 0 Å². The molecule has 0 bridgehead atoms. The van der Waals surface area contributed by atoms with Gasteiger partial charge in [-0.25, -0.2) is 0 Å². The summed E-state index contributed by atoms with van der Waals surface area (Å²) < 4.78 is 0. The average molecular weight is 479 g/mol. The summed E-state index contributed by atoms with van der Waals surface area (Å²) in [5.41, 5.74) is 3.18. The zero-order chi connectivity index (χ0) is 24.9. The second-order valence-electron chi connectivity index (χ2n) is 9.86. The lowest BCUT2D eigenvalue weighted by molar-refractivity contribution is -0.116. The molecule has 0 radical (unpaired) electrons. The van der Waals surface area contributed by atoms with Gasteiger partial charge in [-0.1, -0.05) is 58.4 Å². The third-order valence-electron chi connectivity index (χ3n) is 6.83. The molecule has 2 aromatic rings. The number of anilines is 2. The normalized spacial score (nSPS) is 14.1. The third-order valence-corrected chi connectivity index (χ3v) is 6.83. The fourth-order valence-electron chi connectivity index (χ4n) is 4.57. The predicted octanol–water partition coefficient (Wildman–Crippen LogP) is 6.33. The number of piperidine rings is 1. The van der Waals surface area contributed by atoms with E-state index in [0.29, 0.717) is 30.1 Å². The maximum Gasteiger partial charge on any atom is 0.253 e. The Balaban J connectivity index is 1.62. The van der Waals surface area contributed by atoms with Gasteiger partial charge < -0.3 is 15.5 Å². The van der Waals surface area contributed by atoms with Gasteiger partial charge in [0.05, 0.1) is 5.56 Å². The molecule has 1 aliphatic rings. The number of amides is 2. The third kappa shape index (κ3) is 9.00. The van der Waals surface area contributed by atoms with E-state index in [1.807, 2.05) is 30.3 Å². The van der Waals surface area contributed by atoms with Crippen molar-refractivity contribution >= 4 is 23.2 Å². The average Bonchev–Trinajstić information content (AvgIpc) is 2.88. The van der Waals surface area contributed by atoms with Crippen molar-refractivity contribution in [3.63, 3.8) is 0 Å². The minimum Gasteiger partial charge on any atom is -0.371 e. The lowest BCUT2D eigenvalue weighted by Gasteiger charge is -2.33. The van der Waals surface area contributed by atoms with Crippen LogP contribution in [0.3, 0.4) is 0 Å². The van der Waals surface area contributed by atoms with E-state index < -0.39 is 0 Å². The maximum atomic E-state index is 13.2. The van der Waals surface area contributed by atoms with E-state index in [2.05, 4.69) is 34.4 Å². The van der Waals surface area contributed by atoms with E-state index in [4.69, 9.17) is 0 Å². The zero-order valence-electron chi connectivity index (χ0n) is 21.5. The van der Waals surface area contributed by atoms with Crippen LogP contribution in [0.5, 0.6) is 0 Å². The van der Waals surface area contributed by atoms with Gasteiger partial charge in [-0.3, -0.25) is 14.6 Å². The molecule has 1 fully saturated rings. The highest BCUT2D eigenvalue weighted by Crippen LogP contribution is 2.29. The summed E-state index contributed by atoms with van der Waals surface area (Å²) in [5, 5.41) is 6.04. The molecule has 35 heavy (non-hydrogen) atoms. The summed E-state index contributed by atoms with van der Waals surface area (Å²) in [5.74, 6) is 0.588. The summed E-state index contributed by atoms with van der Waals surface area (Å²) in [6.07, 6.45) is 14.5. The van der Waals surface area contributed by atoms with Crippen LogP contribution in [0.15, 0.2) is 42.7 Å². The molecule has 2 amide bonds. The number of rotatable bonds is 13. The van der Waals surface area contributed by atoms with Gasteiger partial charge in [0.15, 0.2) is 0 Å². The fraction of sp³-hybridized carbons (Fsp3) is 0.552. The molecular formula is C29H42N4O2. The number of carbonyl (C=O) groups is 2. The Morgan fingerprint density at radius 3 is 2.49 bits per heavy atom. The highest BCUT2D eigenvalue weighted by molar-refractivity contribution is 6.02. The molecular weight excluding hydrogens is 436 g/mol. The second kappa shape index (κ2) is 14.5. The standard InChI is InChI=1S/C29H42N4O2/c1-3-4-5-6-7-8-9-12-28(34)32-25-13-14-27(33-18-15-23(2)16-19-33)26(20-25)29(35)31-22-24-11-10-17-30-21-24/h10-11,13-14,17,20-21,23H,3-9,12,15-16,18-19,22H2,1-2H3,(H,31,35)(H,32,34). The zero-order valence-corrected chi connectivity index (χ0v) is 21.5. The highest BCUT2D eigenvalue weighted by Gasteiger charge is 2.22. The molecule has 2 N–H and O–H groups in total. The predicted molar refractivity (Wildman–Crippen MR) is 144 cm³/mol. The number of aromatic nitrogens is 1. The van der Waals surface area contributed by atoms with Gasteiger partial charge in [0, 0.05) is 49.8 Å². The molecule has 1 aromatic carbocycles. The van der Waals surface area contributed by atoms with E-state index in [9.17, 15) is 9.59 Å².